The van der Waals surface area contributed by atoms with Crippen molar-refractivity contribution in [2.75, 3.05) is 6.54 Å². The van der Waals surface area contributed by atoms with E-state index in [1.54, 1.807) is 0 Å². The smallest absolute Gasteiger partial charge is 0.133 e. The van der Waals surface area contributed by atoms with Crippen LogP contribution in [0.5, 0.6) is 0 Å². The fourth-order valence-corrected chi connectivity index (χ4v) is 2.00. The van der Waals surface area contributed by atoms with Crippen molar-refractivity contribution in [3.8, 4) is 0 Å². The third kappa shape index (κ3) is 2.98. The average Bonchev–Trinajstić information content (AvgIpc) is 2.16. The summed E-state index contributed by atoms with van der Waals surface area (Å²) < 4.78 is 26.3. The van der Waals surface area contributed by atoms with Crippen molar-refractivity contribution in [2.24, 2.45) is 5.73 Å². The molecule has 2 atom stereocenters. The Morgan fingerprint density at radius 1 is 1.31 bits per heavy atom. The number of hydrogen-bond acceptors (Lipinski definition) is 3. The highest BCUT2D eigenvalue weighted by molar-refractivity contribution is 9.10. The summed E-state index contributed by atoms with van der Waals surface area (Å²) in [5, 5.41) is 19.2. The van der Waals surface area contributed by atoms with E-state index < -0.39 is 23.8 Å². The van der Waals surface area contributed by atoms with Gasteiger partial charge in [-0.1, -0.05) is 15.9 Å². The van der Waals surface area contributed by atoms with Crippen molar-refractivity contribution in [1.29, 1.82) is 0 Å². The van der Waals surface area contributed by atoms with E-state index in [0.717, 1.165) is 6.07 Å². The van der Waals surface area contributed by atoms with Gasteiger partial charge in [-0.15, -0.1) is 0 Å². The van der Waals surface area contributed by atoms with Crippen LogP contribution in [0.15, 0.2) is 16.6 Å². The first-order chi connectivity index (χ1) is 7.47. The van der Waals surface area contributed by atoms with E-state index in [9.17, 15) is 19.0 Å². The molecule has 0 bridgehead atoms. The van der Waals surface area contributed by atoms with Crippen LogP contribution < -0.4 is 5.73 Å². The Balaban J connectivity index is 3.03. The minimum Gasteiger partial charge on any atom is -0.390 e. The molecule has 0 heterocycles. The highest BCUT2D eigenvalue weighted by Gasteiger charge is 2.24. The SMILES string of the molecule is NCCC(O)C(O)c1c(F)cc(F)cc1Br. The molecule has 0 aromatic heterocycles. The van der Waals surface area contributed by atoms with Crippen LogP contribution in [0.4, 0.5) is 8.78 Å². The molecule has 1 aromatic rings. The summed E-state index contributed by atoms with van der Waals surface area (Å²) in [5.74, 6) is -1.66. The normalized spacial score (nSPS) is 14.9. The zero-order chi connectivity index (χ0) is 12.3. The first-order valence-corrected chi connectivity index (χ1v) is 5.47. The Hall–Kier alpha value is -0.560. The number of rotatable bonds is 4. The minimum absolute atomic E-state index is 0.0774. The Morgan fingerprint density at radius 3 is 2.44 bits per heavy atom. The summed E-state index contributed by atoms with van der Waals surface area (Å²) in [5.41, 5.74) is 5.04. The van der Waals surface area contributed by atoms with Crippen LogP contribution >= 0.6 is 15.9 Å². The molecule has 1 rings (SSSR count). The zero-order valence-corrected chi connectivity index (χ0v) is 9.92. The van der Waals surface area contributed by atoms with Gasteiger partial charge in [-0.25, -0.2) is 8.78 Å². The fourth-order valence-electron chi connectivity index (χ4n) is 1.36. The first-order valence-electron chi connectivity index (χ1n) is 4.68. The number of aliphatic hydroxyl groups excluding tert-OH is 2. The van der Waals surface area contributed by atoms with E-state index in [1.165, 1.54) is 0 Å². The number of halogens is 3. The largest absolute Gasteiger partial charge is 0.390 e. The third-order valence-electron chi connectivity index (χ3n) is 2.17. The van der Waals surface area contributed by atoms with E-state index in [4.69, 9.17) is 5.73 Å². The standard InChI is InChI=1S/C10H12BrF2NO2/c11-6-3-5(12)4-7(13)9(6)10(16)8(15)1-2-14/h3-4,8,10,15-16H,1-2,14H2. The third-order valence-corrected chi connectivity index (χ3v) is 2.82. The Kier molecular flexibility index (Phi) is 4.79. The molecule has 0 fully saturated rings. The molecule has 4 N–H and O–H groups in total. The lowest BCUT2D eigenvalue weighted by atomic mass is 10.0. The second-order valence-electron chi connectivity index (χ2n) is 3.37. The van der Waals surface area contributed by atoms with Crippen molar-refractivity contribution >= 4 is 15.9 Å². The van der Waals surface area contributed by atoms with Gasteiger partial charge in [-0.3, -0.25) is 0 Å². The molecule has 16 heavy (non-hydrogen) atoms. The predicted molar refractivity (Wildman–Crippen MR) is 58.7 cm³/mol. The van der Waals surface area contributed by atoms with Crippen LogP contribution in [0.3, 0.4) is 0 Å². The monoisotopic (exact) mass is 295 g/mol. The topological polar surface area (TPSA) is 66.5 Å². The van der Waals surface area contributed by atoms with Crippen molar-refractivity contribution in [2.45, 2.75) is 18.6 Å². The summed E-state index contributed by atoms with van der Waals surface area (Å²) in [6.45, 7) is 0.165. The quantitative estimate of drug-likeness (QED) is 0.788. The van der Waals surface area contributed by atoms with Crippen LogP contribution in [-0.2, 0) is 0 Å². The van der Waals surface area contributed by atoms with Gasteiger partial charge in [0.25, 0.3) is 0 Å². The van der Waals surface area contributed by atoms with Gasteiger partial charge in [-0.05, 0) is 19.0 Å². The van der Waals surface area contributed by atoms with E-state index in [1.807, 2.05) is 0 Å². The van der Waals surface area contributed by atoms with Gasteiger partial charge in [0.05, 0.1) is 6.10 Å². The van der Waals surface area contributed by atoms with Crippen LogP contribution in [0.2, 0.25) is 0 Å². The van der Waals surface area contributed by atoms with Gasteiger partial charge in [0, 0.05) is 16.1 Å². The molecular formula is C10H12BrF2NO2. The van der Waals surface area contributed by atoms with Crippen molar-refractivity contribution in [3.63, 3.8) is 0 Å². The average molecular weight is 296 g/mol. The van der Waals surface area contributed by atoms with Gasteiger partial charge in [0.15, 0.2) is 0 Å². The predicted octanol–water partition coefficient (Wildman–Crippen LogP) is 1.47. The van der Waals surface area contributed by atoms with Crippen LogP contribution in [-0.4, -0.2) is 22.9 Å². The fraction of sp³-hybridized carbons (Fsp3) is 0.400. The molecule has 0 aliphatic carbocycles. The lowest BCUT2D eigenvalue weighted by Crippen LogP contribution is -2.23. The summed E-state index contributed by atoms with van der Waals surface area (Å²) in [7, 11) is 0. The molecule has 90 valence electrons. The summed E-state index contributed by atoms with van der Waals surface area (Å²) in [6.07, 6.45) is -2.48. The van der Waals surface area contributed by atoms with Crippen LogP contribution in [0.1, 0.15) is 18.1 Å². The Labute approximate surface area is 100 Å². The second-order valence-corrected chi connectivity index (χ2v) is 4.23. The van der Waals surface area contributed by atoms with E-state index in [-0.39, 0.29) is 23.0 Å². The second kappa shape index (κ2) is 5.67. The highest BCUT2D eigenvalue weighted by atomic mass is 79.9. The van der Waals surface area contributed by atoms with Gasteiger partial charge in [-0.2, -0.15) is 0 Å². The summed E-state index contributed by atoms with van der Waals surface area (Å²) >= 11 is 2.94. The molecule has 0 aliphatic heterocycles. The van der Waals surface area contributed by atoms with Gasteiger partial charge in [0.1, 0.15) is 17.7 Å². The molecule has 6 heteroatoms. The molecule has 0 saturated carbocycles. The molecule has 0 aliphatic rings. The van der Waals surface area contributed by atoms with E-state index >= 15 is 0 Å². The highest BCUT2D eigenvalue weighted by Crippen LogP contribution is 2.30. The maximum atomic E-state index is 13.4. The molecule has 0 radical (unpaired) electrons. The summed E-state index contributed by atoms with van der Waals surface area (Å²) in [4.78, 5) is 0. The molecule has 3 nitrogen and oxygen atoms in total. The van der Waals surface area contributed by atoms with Crippen molar-refractivity contribution < 1.29 is 19.0 Å². The number of benzene rings is 1. The number of nitrogens with two attached hydrogens (primary N) is 1. The van der Waals surface area contributed by atoms with Crippen molar-refractivity contribution in [1.82, 2.24) is 0 Å². The molecule has 0 saturated heterocycles. The summed E-state index contributed by atoms with van der Waals surface area (Å²) in [6, 6.07) is 1.68. The molecule has 2 unspecified atom stereocenters. The Morgan fingerprint density at radius 2 is 1.94 bits per heavy atom. The molecule has 1 aromatic carbocycles. The lowest BCUT2D eigenvalue weighted by molar-refractivity contribution is 0.0124. The van der Waals surface area contributed by atoms with Crippen LogP contribution in [0, 0.1) is 11.6 Å². The van der Waals surface area contributed by atoms with E-state index in [2.05, 4.69) is 15.9 Å². The van der Waals surface area contributed by atoms with E-state index in [0.29, 0.717) is 6.07 Å². The first kappa shape index (κ1) is 13.5. The zero-order valence-electron chi connectivity index (χ0n) is 8.33. The van der Waals surface area contributed by atoms with Gasteiger partial charge in [0.2, 0.25) is 0 Å². The number of hydrogen-bond donors (Lipinski definition) is 3. The maximum Gasteiger partial charge on any atom is 0.133 e. The Bertz CT molecular complexity index is 353. The maximum absolute atomic E-state index is 13.4. The molecule has 0 amide bonds. The van der Waals surface area contributed by atoms with Crippen LogP contribution in [0.25, 0.3) is 0 Å². The van der Waals surface area contributed by atoms with Gasteiger partial charge >= 0.3 is 0 Å². The molecular weight excluding hydrogens is 284 g/mol. The minimum atomic E-state index is -1.43. The number of aliphatic hydroxyl groups is 2. The van der Waals surface area contributed by atoms with Crippen molar-refractivity contribution in [3.05, 3.63) is 33.8 Å². The molecule has 0 spiro atoms. The van der Waals surface area contributed by atoms with Gasteiger partial charge < -0.3 is 15.9 Å². The lowest BCUT2D eigenvalue weighted by Gasteiger charge is -2.19.